The lowest BCUT2D eigenvalue weighted by molar-refractivity contribution is 0.954. The van der Waals surface area contributed by atoms with Gasteiger partial charge in [0.15, 0.2) is 0 Å². The number of nitrogen functional groups attached to an aromatic ring is 4. The molecule has 0 amide bonds. The van der Waals surface area contributed by atoms with E-state index in [-0.39, 0.29) is 5.82 Å². The van der Waals surface area contributed by atoms with Crippen LogP contribution in [0.3, 0.4) is 0 Å². The number of aromatic amines is 1. The van der Waals surface area contributed by atoms with Crippen molar-refractivity contribution in [2.75, 3.05) is 22.9 Å². The Labute approximate surface area is 135 Å². The summed E-state index contributed by atoms with van der Waals surface area (Å²) in [7, 11) is 0. The lowest BCUT2D eigenvalue weighted by Gasteiger charge is -2.01. The molecule has 3 aromatic heterocycles. The van der Waals surface area contributed by atoms with Crippen molar-refractivity contribution >= 4 is 66.2 Å². The van der Waals surface area contributed by atoms with E-state index in [9.17, 15) is 0 Å². The first-order valence-corrected chi connectivity index (χ1v) is 7.06. The molecule has 0 atom stereocenters. The van der Waals surface area contributed by atoms with E-state index in [4.69, 9.17) is 22.9 Å². The van der Waals surface area contributed by atoms with Crippen LogP contribution in [0.4, 0.5) is 23.1 Å². The Morgan fingerprint density at radius 3 is 2.14 bits per heavy atom. The second kappa shape index (κ2) is 6.10. The standard InChI is InChI=1S/C5H4BrN5.C5H7BrN4/c6-2-1-3(7)8-5-4(2)9-11-10-5;6-2-1-3(7)10-5(9)4(2)8/h1H,(H3,7,8,9,10,11);1H,8H2,(H4,7,9,10). The second-order valence-corrected chi connectivity index (χ2v) is 5.56. The molecule has 0 fully saturated rings. The number of nitrogens with zero attached hydrogens (tertiary/aromatic N) is 4. The highest BCUT2D eigenvalue weighted by atomic mass is 79.9. The minimum absolute atomic E-state index is 0.256. The quantitative estimate of drug-likeness (QED) is 0.364. The van der Waals surface area contributed by atoms with Crippen molar-refractivity contribution in [3.63, 3.8) is 0 Å². The summed E-state index contributed by atoms with van der Waals surface area (Å²) in [4.78, 5) is 7.67. The summed E-state index contributed by atoms with van der Waals surface area (Å²) in [6, 6.07) is 3.29. The molecule has 3 heterocycles. The number of hydrogen-bond acceptors (Lipinski definition) is 8. The van der Waals surface area contributed by atoms with Crippen LogP contribution in [0.25, 0.3) is 11.2 Å². The molecule has 9 nitrogen and oxygen atoms in total. The molecule has 0 bridgehead atoms. The number of nitrogens with two attached hydrogens (primary N) is 4. The Hall–Kier alpha value is -2.14. The van der Waals surface area contributed by atoms with E-state index in [0.717, 1.165) is 4.47 Å². The Balaban J connectivity index is 0.000000155. The van der Waals surface area contributed by atoms with E-state index in [1.54, 1.807) is 12.1 Å². The first kappa shape index (κ1) is 15.3. The van der Waals surface area contributed by atoms with Gasteiger partial charge in [-0.2, -0.15) is 10.3 Å². The summed E-state index contributed by atoms with van der Waals surface area (Å²) in [6.07, 6.45) is 0. The lowest BCUT2D eigenvalue weighted by atomic mass is 10.4. The fraction of sp³-hybridized carbons (Fsp3) is 0. The zero-order valence-electron chi connectivity index (χ0n) is 10.5. The average molecular weight is 417 g/mol. The maximum absolute atomic E-state index is 5.46. The minimum Gasteiger partial charge on any atom is -0.395 e. The highest BCUT2D eigenvalue weighted by Crippen LogP contribution is 2.25. The number of pyridine rings is 2. The van der Waals surface area contributed by atoms with E-state index < -0.39 is 0 Å². The van der Waals surface area contributed by atoms with Gasteiger partial charge < -0.3 is 22.9 Å². The van der Waals surface area contributed by atoms with Crippen molar-refractivity contribution in [1.29, 1.82) is 0 Å². The zero-order chi connectivity index (χ0) is 15.6. The van der Waals surface area contributed by atoms with Crippen LogP contribution in [0.5, 0.6) is 0 Å². The molecule has 0 saturated carbocycles. The number of aromatic nitrogens is 5. The number of anilines is 4. The van der Waals surface area contributed by atoms with Crippen LogP contribution in [0.15, 0.2) is 21.1 Å². The van der Waals surface area contributed by atoms with Gasteiger partial charge in [0.05, 0.1) is 10.2 Å². The third-order valence-electron chi connectivity index (χ3n) is 2.32. The van der Waals surface area contributed by atoms with Gasteiger partial charge in [0, 0.05) is 4.47 Å². The predicted molar refractivity (Wildman–Crippen MR) is 89.0 cm³/mol. The number of fused-ring (bicyclic) bond motifs is 1. The van der Waals surface area contributed by atoms with Gasteiger partial charge in [-0.1, -0.05) is 0 Å². The smallest absolute Gasteiger partial charge is 0.204 e. The van der Waals surface area contributed by atoms with Crippen LogP contribution in [0.2, 0.25) is 0 Å². The maximum atomic E-state index is 5.46. The Morgan fingerprint density at radius 1 is 0.857 bits per heavy atom. The summed E-state index contributed by atoms with van der Waals surface area (Å²) in [5.41, 5.74) is 23.3. The van der Waals surface area contributed by atoms with Gasteiger partial charge in [-0.15, -0.1) is 5.10 Å². The SMILES string of the molecule is Nc1cc(Br)c(N)c(N)n1.Nc1cc(Br)c2n[nH]nc2n1. The van der Waals surface area contributed by atoms with Crippen molar-refractivity contribution in [2.45, 2.75) is 0 Å². The lowest BCUT2D eigenvalue weighted by Crippen LogP contribution is -2.01. The minimum atomic E-state index is 0.256. The molecule has 9 N–H and O–H groups in total. The van der Waals surface area contributed by atoms with Crippen LogP contribution in [0.1, 0.15) is 0 Å². The van der Waals surface area contributed by atoms with Gasteiger partial charge in [0.25, 0.3) is 0 Å². The third-order valence-corrected chi connectivity index (χ3v) is 3.58. The summed E-state index contributed by atoms with van der Waals surface area (Å²) in [6.45, 7) is 0. The molecule has 21 heavy (non-hydrogen) atoms. The Morgan fingerprint density at radius 2 is 1.48 bits per heavy atom. The van der Waals surface area contributed by atoms with Crippen molar-refractivity contribution in [3.05, 3.63) is 21.1 Å². The van der Waals surface area contributed by atoms with Crippen LogP contribution in [-0.4, -0.2) is 25.4 Å². The van der Waals surface area contributed by atoms with E-state index in [0.29, 0.717) is 33.0 Å². The van der Waals surface area contributed by atoms with Crippen LogP contribution < -0.4 is 22.9 Å². The monoisotopic (exact) mass is 415 g/mol. The van der Waals surface area contributed by atoms with Crippen molar-refractivity contribution in [2.24, 2.45) is 0 Å². The maximum Gasteiger partial charge on any atom is 0.204 e. The van der Waals surface area contributed by atoms with Crippen LogP contribution >= 0.6 is 31.9 Å². The molecule has 3 rings (SSSR count). The van der Waals surface area contributed by atoms with Crippen molar-refractivity contribution in [1.82, 2.24) is 25.4 Å². The summed E-state index contributed by atoms with van der Waals surface area (Å²) in [5, 5.41) is 10.1. The molecule has 0 aliphatic rings. The van der Waals surface area contributed by atoms with Gasteiger partial charge in [0.2, 0.25) is 5.65 Å². The number of H-pyrrole nitrogens is 1. The van der Waals surface area contributed by atoms with Gasteiger partial charge in [-0.05, 0) is 44.0 Å². The molecule has 0 saturated heterocycles. The zero-order valence-corrected chi connectivity index (χ0v) is 13.7. The molecule has 0 spiro atoms. The Bertz CT molecular complexity index is 762. The van der Waals surface area contributed by atoms with Gasteiger partial charge in [0.1, 0.15) is 23.0 Å². The average Bonchev–Trinajstić information content (AvgIpc) is 2.85. The molecule has 0 aliphatic carbocycles. The normalized spacial score (nSPS) is 10.2. The number of rotatable bonds is 0. The number of halogens is 2. The first-order valence-electron chi connectivity index (χ1n) is 5.48. The molecule has 0 radical (unpaired) electrons. The van der Waals surface area contributed by atoms with Crippen LogP contribution in [0, 0.1) is 0 Å². The van der Waals surface area contributed by atoms with Crippen molar-refractivity contribution in [3.8, 4) is 0 Å². The van der Waals surface area contributed by atoms with E-state index in [1.165, 1.54) is 0 Å². The third kappa shape index (κ3) is 3.49. The molecule has 0 aromatic carbocycles. The Kier molecular flexibility index (Phi) is 4.43. The number of nitrogens with one attached hydrogen (secondary N) is 1. The molecular weight excluding hydrogens is 406 g/mol. The summed E-state index contributed by atoms with van der Waals surface area (Å²) < 4.78 is 1.48. The molecule has 110 valence electrons. The fourth-order valence-corrected chi connectivity index (χ4v) is 2.32. The summed E-state index contributed by atoms with van der Waals surface area (Å²) in [5.74, 6) is 1.05. The highest BCUT2D eigenvalue weighted by Gasteiger charge is 2.04. The molecule has 3 aromatic rings. The largest absolute Gasteiger partial charge is 0.395 e. The van der Waals surface area contributed by atoms with Gasteiger partial charge in [-0.25, -0.2) is 9.97 Å². The number of hydrogen-bond donors (Lipinski definition) is 5. The van der Waals surface area contributed by atoms with E-state index in [1.807, 2.05) is 0 Å². The highest BCUT2D eigenvalue weighted by molar-refractivity contribution is 9.11. The van der Waals surface area contributed by atoms with Crippen LogP contribution in [-0.2, 0) is 0 Å². The van der Waals surface area contributed by atoms with Crippen molar-refractivity contribution < 1.29 is 0 Å². The molecule has 0 unspecified atom stereocenters. The second-order valence-electron chi connectivity index (χ2n) is 3.85. The van der Waals surface area contributed by atoms with E-state index >= 15 is 0 Å². The molecular formula is C10H11Br2N9. The van der Waals surface area contributed by atoms with Gasteiger partial charge in [-0.3, -0.25) is 0 Å². The molecule has 0 aliphatic heterocycles. The first-order chi connectivity index (χ1) is 9.88. The fourth-order valence-electron chi connectivity index (χ4n) is 1.38. The van der Waals surface area contributed by atoms with Gasteiger partial charge >= 0.3 is 0 Å². The summed E-state index contributed by atoms with van der Waals surface area (Å²) >= 11 is 6.46. The predicted octanol–water partition coefficient (Wildman–Crippen LogP) is 1.29. The topological polar surface area (TPSA) is 171 Å². The van der Waals surface area contributed by atoms with E-state index in [2.05, 4.69) is 57.2 Å². The molecule has 11 heteroatoms.